The zero-order valence-electron chi connectivity index (χ0n) is 13.1. The zero-order chi connectivity index (χ0) is 16.9. The minimum atomic E-state index is -0.153. The van der Waals surface area contributed by atoms with Crippen molar-refractivity contribution in [2.24, 2.45) is 0 Å². The smallest absolute Gasteiger partial charge is 0.255 e. The van der Waals surface area contributed by atoms with E-state index in [9.17, 15) is 4.79 Å². The second kappa shape index (κ2) is 7.32. The Labute approximate surface area is 149 Å². The highest BCUT2D eigenvalue weighted by Crippen LogP contribution is 2.23. The van der Waals surface area contributed by atoms with Crippen molar-refractivity contribution in [1.29, 1.82) is 0 Å². The summed E-state index contributed by atoms with van der Waals surface area (Å²) in [6, 6.07) is 22.4. The van der Waals surface area contributed by atoms with E-state index in [0.717, 1.165) is 21.5 Å². The Balaban J connectivity index is 1.67. The normalized spacial score (nSPS) is 10.2. The van der Waals surface area contributed by atoms with Crippen molar-refractivity contribution < 1.29 is 9.53 Å². The van der Waals surface area contributed by atoms with Crippen LogP contribution in [0.2, 0.25) is 0 Å². The lowest BCUT2D eigenvalue weighted by Crippen LogP contribution is -2.11. The third-order valence-electron chi connectivity index (χ3n) is 3.44. The van der Waals surface area contributed by atoms with Crippen LogP contribution in [-0.2, 0) is 0 Å². The number of nitrogens with one attached hydrogen (secondary N) is 1. The highest BCUT2D eigenvalue weighted by molar-refractivity contribution is 9.10. The van der Waals surface area contributed by atoms with Crippen molar-refractivity contribution >= 4 is 27.5 Å². The van der Waals surface area contributed by atoms with E-state index in [4.69, 9.17) is 4.74 Å². The third kappa shape index (κ3) is 4.24. The van der Waals surface area contributed by atoms with E-state index in [1.807, 2.05) is 55.5 Å². The molecule has 0 aliphatic heterocycles. The van der Waals surface area contributed by atoms with Crippen molar-refractivity contribution in [1.82, 2.24) is 0 Å². The van der Waals surface area contributed by atoms with Crippen LogP contribution in [-0.4, -0.2) is 5.91 Å². The maximum Gasteiger partial charge on any atom is 0.255 e. The van der Waals surface area contributed by atoms with Crippen LogP contribution in [0.25, 0.3) is 0 Å². The molecule has 0 heterocycles. The quantitative estimate of drug-likeness (QED) is 0.619. The Bertz CT molecular complexity index is 842. The molecule has 0 atom stereocenters. The molecule has 0 spiro atoms. The standard InChI is InChI=1S/C20H16BrNO2/c1-14-3-2-4-19(13-14)24-18-11-5-15(6-12-18)20(23)22-17-9-7-16(21)8-10-17/h2-13H,1H3,(H,22,23). The molecule has 0 saturated carbocycles. The highest BCUT2D eigenvalue weighted by atomic mass is 79.9. The van der Waals surface area contributed by atoms with Crippen molar-refractivity contribution in [3.05, 3.63) is 88.4 Å². The van der Waals surface area contributed by atoms with Gasteiger partial charge in [-0.2, -0.15) is 0 Å². The van der Waals surface area contributed by atoms with Gasteiger partial charge in [0.25, 0.3) is 5.91 Å². The average molecular weight is 382 g/mol. The Kier molecular flexibility index (Phi) is 4.96. The molecular formula is C20H16BrNO2. The summed E-state index contributed by atoms with van der Waals surface area (Å²) >= 11 is 3.37. The van der Waals surface area contributed by atoms with Crippen molar-refractivity contribution in [3.8, 4) is 11.5 Å². The fourth-order valence-electron chi connectivity index (χ4n) is 2.23. The fourth-order valence-corrected chi connectivity index (χ4v) is 2.49. The van der Waals surface area contributed by atoms with Crippen molar-refractivity contribution in [3.63, 3.8) is 0 Å². The minimum absolute atomic E-state index is 0.153. The number of hydrogen-bond donors (Lipinski definition) is 1. The molecule has 0 radical (unpaired) electrons. The predicted molar refractivity (Wildman–Crippen MR) is 99.8 cm³/mol. The monoisotopic (exact) mass is 381 g/mol. The second-order valence-corrected chi connectivity index (χ2v) is 6.32. The molecule has 24 heavy (non-hydrogen) atoms. The molecule has 0 aliphatic carbocycles. The second-order valence-electron chi connectivity index (χ2n) is 5.40. The van der Waals surface area contributed by atoms with Crippen LogP contribution in [0.4, 0.5) is 5.69 Å². The van der Waals surface area contributed by atoms with Crippen LogP contribution in [0.3, 0.4) is 0 Å². The first-order valence-electron chi connectivity index (χ1n) is 7.52. The van der Waals surface area contributed by atoms with Gasteiger partial charge >= 0.3 is 0 Å². The predicted octanol–water partition coefficient (Wildman–Crippen LogP) is 5.80. The van der Waals surface area contributed by atoms with E-state index in [1.54, 1.807) is 24.3 Å². The van der Waals surface area contributed by atoms with E-state index in [0.29, 0.717) is 11.3 Å². The Morgan fingerprint density at radius 3 is 2.29 bits per heavy atom. The van der Waals surface area contributed by atoms with Gasteiger partial charge in [-0.1, -0.05) is 28.1 Å². The number of amides is 1. The molecule has 0 aromatic heterocycles. The molecule has 0 fully saturated rings. The summed E-state index contributed by atoms with van der Waals surface area (Å²) in [5.41, 5.74) is 2.47. The lowest BCUT2D eigenvalue weighted by Gasteiger charge is -2.08. The number of aryl methyl sites for hydroxylation is 1. The highest BCUT2D eigenvalue weighted by Gasteiger charge is 2.07. The van der Waals surface area contributed by atoms with Crippen LogP contribution in [0.1, 0.15) is 15.9 Å². The molecular weight excluding hydrogens is 366 g/mol. The summed E-state index contributed by atoms with van der Waals surface area (Å²) in [5, 5.41) is 2.86. The summed E-state index contributed by atoms with van der Waals surface area (Å²) in [7, 11) is 0. The van der Waals surface area contributed by atoms with Gasteiger partial charge in [0.1, 0.15) is 11.5 Å². The maximum absolute atomic E-state index is 12.2. The number of ether oxygens (including phenoxy) is 1. The first-order valence-corrected chi connectivity index (χ1v) is 8.31. The molecule has 0 aliphatic rings. The van der Waals surface area contributed by atoms with Gasteiger partial charge in [-0.3, -0.25) is 4.79 Å². The molecule has 3 rings (SSSR count). The van der Waals surface area contributed by atoms with Gasteiger partial charge in [-0.05, 0) is 73.2 Å². The molecule has 0 saturated heterocycles. The summed E-state index contributed by atoms with van der Waals surface area (Å²) in [4.78, 5) is 12.2. The Morgan fingerprint density at radius 2 is 1.62 bits per heavy atom. The number of hydrogen-bond acceptors (Lipinski definition) is 2. The molecule has 0 bridgehead atoms. The number of carbonyl (C=O) groups excluding carboxylic acids is 1. The van der Waals surface area contributed by atoms with Gasteiger partial charge in [0, 0.05) is 15.7 Å². The summed E-state index contributed by atoms with van der Waals surface area (Å²) in [5.74, 6) is 1.32. The van der Waals surface area contributed by atoms with Gasteiger partial charge in [-0.15, -0.1) is 0 Å². The molecule has 3 aromatic rings. The van der Waals surface area contributed by atoms with Crippen LogP contribution >= 0.6 is 15.9 Å². The number of carbonyl (C=O) groups is 1. The molecule has 3 aromatic carbocycles. The minimum Gasteiger partial charge on any atom is -0.457 e. The summed E-state index contributed by atoms with van der Waals surface area (Å²) < 4.78 is 6.76. The number of rotatable bonds is 4. The van der Waals surface area contributed by atoms with Crippen LogP contribution in [0.5, 0.6) is 11.5 Å². The zero-order valence-corrected chi connectivity index (χ0v) is 14.7. The van der Waals surface area contributed by atoms with Crippen LogP contribution < -0.4 is 10.1 Å². The maximum atomic E-state index is 12.2. The van der Waals surface area contributed by atoms with E-state index in [1.165, 1.54) is 0 Å². The van der Waals surface area contributed by atoms with Gasteiger partial charge in [-0.25, -0.2) is 0 Å². The molecule has 120 valence electrons. The molecule has 0 unspecified atom stereocenters. The first-order chi connectivity index (χ1) is 11.6. The van der Waals surface area contributed by atoms with Gasteiger partial charge in [0.15, 0.2) is 0 Å². The SMILES string of the molecule is Cc1cccc(Oc2ccc(C(=O)Nc3ccc(Br)cc3)cc2)c1. The molecule has 3 nitrogen and oxygen atoms in total. The van der Waals surface area contributed by atoms with Crippen molar-refractivity contribution in [2.75, 3.05) is 5.32 Å². The van der Waals surface area contributed by atoms with Crippen molar-refractivity contribution in [2.45, 2.75) is 6.92 Å². The lowest BCUT2D eigenvalue weighted by molar-refractivity contribution is 0.102. The first kappa shape index (κ1) is 16.3. The van der Waals surface area contributed by atoms with Crippen LogP contribution in [0, 0.1) is 6.92 Å². The van der Waals surface area contributed by atoms with Crippen LogP contribution in [0.15, 0.2) is 77.3 Å². The van der Waals surface area contributed by atoms with E-state index < -0.39 is 0 Å². The van der Waals surface area contributed by atoms with E-state index in [-0.39, 0.29) is 5.91 Å². The fraction of sp³-hybridized carbons (Fsp3) is 0.0500. The molecule has 4 heteroatoms. The summed E-state index contributed by atoms with van der Waals surface area (Å²) in [6.07, 6.45) is 0. The lowest BCUT2D eigenvalue weighted by atomic mass is 10.2. The van der Waals surface area contributed by atoms with E-state index >= 15 is 0 Å². The summed E-state index contributed by atoms with van der Waals surface area (Å²) in [6.45, 7) is 2.02. The largest absolute Gasteiger partial charge is 0.457 e. The third-order valence-corrected chi connectivity index (χ3v) is 3.97. The molecule has 1 N–H and O–H groups in total. The number of benzene rings is 3. The van der Waals surface area contributed by atoms with Gasteiger partial charge in [0.05, 0.1) is 0 Å². The van der Waals surface area contributed by atoms with E-state index in [2.05, 4.69) is 21.2 Å². The average Bonchev–Trinajstić information content (AvgIpc) is 2.57. The van der Waals surface area contributed by atoms with Gasteiger partial charge in [0.2, 0.25) is 0 Å². The number of anilines is 1. The van der Waals surface area contributed by atoms with Gasteiger partial charge < -0.3 is 10.1 Å². The Morgan fingerprint density at radius 1 is 0.917 bits per heavy atom. The topological polar surface area (TPSA) is 38.3 Å². The molecule has 1 amide bonds. The number of halogens is 1. The Hall–Kier alpha value is -2.59.